The van der Waals surface area contributed by atoms with E-state index < -0.39 is 16.2 Å². The lowest BCUT2D eigenvalue weighted by Gasteiger charge is -2.25. The molecule has 0 radical (unpaired) electrons. The molecule has 0 aromatic carbocycles. The number of carbonyl (C=O) groups excluding carboxylic acids is 1. The molecule has 22 heavy (non-hydrogen) atoms. The first-order chi connectivity index (χ1) is 10.5. The quantitative estimate of drug-likeness (QED) is 0.730. The Morgan fingerprint density at radius 2 is 2.09 bits per heavy atom. The summed E-state index contributed by atoms with van der Waals surface area (Å²) in [5.74, 6) is -0.477. The molecule has 124 valence electrons. The van der Waals surface area contributed by atoms with Crippen LogP contribution in [0.5, 0.6) is 0 Å². The fourth-order valence-electron chi connectivity index (χ4n) is 2.29. The standard InChI is InChI=1S/C13H22N4O4S/c1-2-21-13(18)12-10-16(11-14-12)9-6-15-22(19,20)17-7-4-3-5-8-17/h10-11,15H,2-9H2,1H3. The molecule has 1 aliphatic heterocycles. The SMILES string of the molecule is CCOC(=O)c1cn(CCNS(=O)(=O)N2CCCCC2)cn1. The average molecular weight is 330 g/mol. The van der Waals surface area contributed by atoms with Crippen LogP contribution >= 0.6 is 0 Å². The highest BCUT2D eigenvalue weighted by Gasteiger charge is 2.23. The van der Waals surface area contributed by atoms with Gasteiger partial charge in [-0.05, 0) is 19.8 Å². The zero-order valence-corrected chi connectivity index (χ0v) is 13.5. The lowest BCUT2D eigenvalue weighted by atomic mass is 10.2. The zero-order chi connectivity index (χ0) is 16.0. The van der Waals surface area contributed by atoms with E-state index in [0.717, 1.165) is 19.3 Å². The Bertz CT molecular complexity index is 593. The number of carbonyl (C=O) groups is 1. The van der Waals surface area contributed by atoms with Crippen molar-refractivity contribution in [3.8, 4) is 0 Å². The van der Waals surface area contributed by atoms with Crippen molar-refractivity contribution in [1.82, 2.24) is 18.6 Å². The second-order valence-corrected chi connectivity index (χ2v) is 6.83. The average Bonchev–Trinajstić information content (AvgIpc) is 2.97. The molecular formula is C13H22N4O4S. The van der Waals surface area contributed by atoms with Crippen LogP contribution in [0.2, 0.25) is 0 Å². The Balaban J connectivity index is 1.82. The number of hydrogen-bond acceptors (Lipinski definition) is 5. The minimum atomic E-state index is -3.41. The van der Waals surface area contributed by atoms with Crippen LogP contribution in [0.25, 0.3) is 0 Å². The third-order valence-electron chi connectivity index (χ3n) is 3.43. The van der Waals surface area contributed by atoms with Gasteiger partial charge in [-0.25, -0.2) is 14.5 Å². The fourth-order valence-corrected chi connectivity index (χ4v) is 3.56. The highest BCUT2D eigenvalue weighted by molar-refractivity contribution is 7.87. The molecule has 0 amide bonds. The summed E-state index contributed by atoms with van der Waals surface area (Å²) in [7, 11) is -3.41. The van der Waals surface area contributed by atoms with Crippen LogP contribution in [0.3, 0.4) is 0 Å². The minimum Gasteiger partial charge on any atom is -0.461 e. The maximum atomic E-state index is 12.1. The molecule has 1 aromatic heterocycles. The summed E-state index contributed by atoms with van der Waals surface area (Å²) in [6.07, 6.45) is 5.93. The van der Waals surface area contributed by atoms with Gasteiger partial charge in [0.1, 0.15) is 0 Å². The summed E-state index contributed by atoms with van der Waals surface area (Å²) in [6.45, 7) is 3.82. The molecule has 0 saturated carbocycles. The van der Waals surface area contributed by atoms with Gasteiger partial charge in [0.15, 0.2) is 5.69 Å². The Kier molecular flexibility index (Phi) is 5.92. The monoisotopic (exact) mass is 330 g/mol. The van der Waals surface area contributed by atoms with Crippen LogP contribution < -0.4 is 4.72 Å². The second-order valence-electron chi connectivity index (χ2n) is 5.08. The summed E-state index contributed by atoms with van der Waals surface area (Å²) in [6, 6.07) is 0. The summed E-state index contributed by atoms with van der Waals surface area (Å²) in [5.41, 5.74) is 0.223. The van der Waals surface area contributed by atoms with Crippen molar-refractivity contribution in [2.45, 2.75) is 32.7 Å². The van der Waals surface area contributed by atoms with Crippen LogP contribution in [-0.4, -0.2) is 54.5 Å². The Morgan fingerprint density at radius 3 is 2.77 bits per heavy atom. The summed E-state index contributed by atoms with van der Waals surface area (Å²) in [5, 5.41) is 0. The van der Waals surface area contributed by atoms with E-state index in [1.54, 1.807) is 17.7 Å². The van der Waals surface area contributed by atoms with Crippen LogP contribution in [0.1, 0.15) is 36.7 Å². The molecule has 1 aromatic rings. The van der Waals surface area contributed by atoms with E-state index in [0.29, 0.717) is 26.2 Å². The largest absolute Gasteiger partial charge is 0.461 e. The van der Waals surface area contributed by atoms with E-state index in [1.807, 2.05) is 0 Å². The van der Waals surface area contributed by atoms with Gasteiger partial charge in [-0.2, -0.15) is 12.7 Å². The number of imidazole rings is 1. The van der Waals surface area contributed by atoms with Crippen LogP contribution in [0.15, 0.2) is 12.5 Å². The summed E-state index contributed by atoms with van der Waals surface area (Å²) < 4.78 is 34.7. The van der Waals surface area contributed by atoms with Gasteiger partial charge in [0.05, 0.1) is 12.9 Å². The number of esters is 1. The molecule has 2 heterocycles. The van der Waals surface area contributed by atoms with Gasteiger partial charge in [-0.15, -0.1) is 0 Å². The number of nitrogens with zero attached hydrogens (tertiary/aromatic N) is 3. The van der Waals surface area contributed by atoms with Gasteiger partial charge >= 0.3 is 5.97 Å². The molecule has 1 saturated heterocycles. The zero-order valence-electron chi connectivity index (χ0n) is 12.7. The van der Waals surface area contributed by atoms with Gasteiger partial charge in [-0.1, -0.05) is 6.42 Å². The van der Waals surface area contributed by atoms with E-state index in [-0.39, 0.29) is 12.2 Å². The highest BCUT2D eigenvalue weighted by Crippen LogP contribution is 2.11. The van der Waals surface area contributed by atoms with Crippen LogP contribution in [0.4, 0.5) is 0 Å². The molecule has 0 aliphatic carbocycles. The van der Waals surface area contributed by atoms with E-state index in [1.165, 1.54) is 10.6 Å². The lowest BCUT2D eigenvalue weighted by Crippen LogP contribution is -2.44. The van der Waals surface area contributed by atoms with Gasteiger partial charge in [0, 0.05) is 32.4 Å². The molecule has 1 fully saturated rings. The van der Waals surface area contributed by atoms with Gasteiger partial charge < -0.3 is 9.30 Å². The topological polar surface area (TPSA) is 93.5 Å². The van der Waals surface area contributed by atoms with Crippen molar-refractivity contribution >= 4 is 16.2 Å². The van der Waals surface area contributed by atoms with Gasteiger partial charge in [0.2, 0.25) is 0 Å². The number of ether oxygens (including phenoxy) is 1. The first kappa shape index (κ1) is 16.9. The molecule has 0 unspecified atom stereocenters. The molecule has 0 spiro atoms. The predicted molar refractivity (Wildman–Crippen MR) is 80.5 cm³/mol. The third kappa shape index (κ3) is 4.52. The summed E-state index contributed by atoms with van der Waals surface area (Å²) in [4.78, 5) is 15.4. The molecule has 0 bridgehead atoms. The molecule has 2 rings (SSSR count). The van der Waals surface area contributed by atoms with Crippen LogP contribution in [-0.2, 0) is 21.5 Å². The number of rotatable bonds is 7. The van der Waals surface area contributed by atoms with E-state index >= 15 is 0 Å². The van der Waals surface area contributed by atoms with Crippen molar-refractivity contribution in [2.24, 2.45) is 0 Å². The smallest absolute Gasteiger partial charge is 0.358 e. The number of aromatic nitrogens is 2. The maximum Gasteiger partial charge on any atom is 0.358 e. The first-order valence-electron chi connectivity index (χ1n) is 7.46. The highest BCUT2D eigenvalue weighted by atomic mass is 32.2. The predicted octanol–water partition coefficient (Wildman–Crippen LogP) is 0.380. The lowest BCUT2D eigenvalue weighted by molar-refractivity contribution is 0.0520. The molecule has 1 aliphatic rings. The van der Waals surface area contributed by atoms with Crippen molar-refractivity contribution in [2.75, 3.05) is 26.2 Å². The van der Waals surface area contributed by atoms with E-state index in [9.17, 15) is 13.2 Å². The van der Waals surface area contributed by atoms with E-state index in [4.69, 9.17) is 4.74 Å². The van der Waals surface area contributed by atoms with E-state index in [2.05, 4.69) is 9.71 Å². The molecule has 1 N–H and O–H groups in total. The minimum absolute atomic E-state index is 0.223. The Labute approximate surface area is 130 Å². The molecule has 8 nitrogen and oxygen atoms in total. The summed E-state index contributed by atoms with van der Waals surface area (Å²) >= 11 is 0. The number of nitrogens with one attached hydrogen (secondary N) is 1. The number of hydrogen-bond donors (Lipinski definition) is 1. The van der Waals surface area contributed by atoms with Gasteiger partial charge in [-0.3, -0.25) is 0 Å². The Morgan fingerprint density at radius 1 is 1.36 bits per heavy atom. The van der Waals surface area contributed by atoms with Crippen molar-refractivity contribution in [3.05, 3.63) is 18.2 Å². The second kappa shape index (κ2) is 7.70. The Hall–Kier alpha value is -1.45. The molecule has 9 heteroatoms. The first-order valence-corrected chi connectivity index (χ1v) is 8.90. The maximum absolute atomic E-state index is 12.1. The van der Waals surface area contributed by atoms with Crippen molar-refractivity contribution < 1.29 is 17.9 Å². The normalized spacial score (nSPS) is 16.6. The molecule has 0 atom stereocenters. The fraction of sp³-hybridized carbons (Fsp3) is 0.692. The number of piperidine rings is 1. The van der Waals surface area contributed by atoms with Crippen LogP contribution in [0, 0.1) is 0 Å². The van der Waals surface area contributed by atoms with Crippen molar-refractivity contribution in [1.29, 1.82) is 0 Å². The molecular weight excluding hydrogens is 308 g/mol. The van der Waals surface area contributed by atoms with Crippen molar-refractivity contribution in [3.63, 3.8) is 0 Å². The van der Waals surface area contributed by atoms with Gasteiger partial charge in [0.25, 0.3) is 10.2 Å². The third-order valence-corrected chi connectivity index (χ3v) is 5.04.